The minimum absolute atomic E-state index is 0.0849. The lowest BCUT2D eigenvalue weighted by atomic mass is 10.2. The van der Waals surface area contributed by atoms with Crippen LogP contribution in [0.3, 0.4) is 0 Å². The molecule has 4 nitrogen and oxygen atoms in total. The lowest BCUT2D eigenvalue weighted by molar-refractivity contribution is -0.126. The summed E-state index contributed by atoms with van der Waals surface area (Å²) in [5.74, 6) is 0.933. The molecule has 1 aliphatic carbocycles. The van der Waals surface area contributed by atoms with Crippen molar-refractivity contribution in [3.63, 3.8) is 0 Å². The van der Waals surface area contributed by atoms with Crippen molar-refractivity contribution < 1.29 is 4.79 Å². The molecule has 2 aliphatic rings. The van der Waals surface area contributed by atoms with E-state index in [0.717, 1.165) is 31.8 Å². The van der Waals surface area contributed by atoms with Gasteiger partial charge in [0, 0.05) is 6.54 Å². The molecular weight excluding hydrogens is 178 g/mol. The molecule has 1 unspecified atom stereocenters. The van der Waals surface area contributed by atoms with Gasteiger partial charge in [0.25, 0.3) is 5.91 Å². The second-order valence-corrected chi connectivity index (χ2v) is 4.45. The number of carbonyl (C=O) groups excluding carboxylic acids is 1. The number of carbonyl (C=O) groups is 1. The molecule has 2 N–H and O–H groups in total. The van der Waals surface area contributed by atoms with Gasteiger partial charge in [-0.15, -0.1) is 0 Å². The fourth-order valence-corrected chi connectivity index (χ4v) is 1.93. The molecule has 2 rings (SSSR count). The van der Waals surface area contributed by atoms with Crippen LogP contribution in [0.2, 0.25) is 0 Å². The molecule has 1 heterocycles. The molecule has 0 radical (unpaired) electrons. The topological polar surface area (TPSA) is 44.4 Å². The smallest absolute Gasteiger partial charge is 0.251 e. The third-order valence-electron chi connectivity index (χ3n) is 3.12. The van der Waals surface area contributed by atoms with Crippen LogP contribution >= 0.6 is 0 Å². The highest BCUT2D eigenvalue weighted by molar-refractivity contribution is 5.81. The number of hydrazine groups is 1. The van der Waals surface area contributed by atoms with E-state index in [2.05, 4.69) is 15.8 Å². The highest BCUT2D eigenvalue weighted by Crippen LogP contribution is 2.27. The van der Waals surface area contributed by atoms with Gasteiger partial charge in [-0.2, -0.15) is 0 Å². The van der Waals surface area contributed by atoms with Crippen LogP contribution in [-0.2, 0) is 4.79 Å². The van der Waals surface area contributed by atoms with Gasteiger partial charge in [-0.3, -0.25) is 15.1 Å². The molecular formula is C10H19N3O. The Kier molecular flexibility index (Phi) is 3.03. The normalized spacial score (nSPS) is 27.9. The van der Waals surface area contributed by atoms with E-state index in [1.54, 1.807) is 0 Å². The minimum atomic E-state index is 0.0849. The van der Waals surface area contributed by atoms with Gasteiger partial charge in [-0.05, 0) is 45.2 Å². The Morgan fingerprint density at radius 3 is 2.79 bits per heavy atom. The van der Waals surface area contributed by atoms with Crippen LogP contribution in [0.1, 0.15) is 25.7 Å². The lowest BCUT2D eigenvalue weighted by Gasteiger charge is -2.18. The van der Waals surface area contributed by atoms with E-state index in [-0.39, 0.29) is 11.9 Å². The van der Waals surface area contributed by atoms with Crippen LogP contribution in [0.25, 0.3) is 0 Å². The lowest BCUT2D eigenvalue weighted by Crippen LogP contribution is -2.47. The minimum Gasteiger partial charge on any atom is -0.295 e. The molecule has 1 atom stereocenters. The van der Waals surface area contributed by atoms with Crippen molar-refractivity contribution in [3.05, 3.63) is 0 Å². The molecule has 14 heavy (non-hydrogen) atoms. The molecule has 1 saturated heterocycles. The summed E-state index contributed by atoms with van der Waals surface area (Å²) in [6, 6.07) is 0.0849. The average molecular weight is 197 g/mol. The molecule has 4 heteroatoms. The van der Waals surface area contributed by atoms with E-state index in [1.165, 1.54) is 12.8 Å². The fourth-order valence-electron chi connectivity index (χ4n) is 1.93. The van der Waals surface area contributed by atoms with E-state index in [1.807, 2.05) is 7.05 Å². The van der Waals surface area contributed by atoms with Crippen LogP contribution in [0, 0.1) is 5.92 Å². The maximum absolute atomic E-state index is 11.6. The maximum atomic E-state index is 11.6. The van der Waals surface area contributed by atoms with Crippen molar-refractivity contribution in [2.45, 2.75) is 31.7 Å². The quantitative estimate of drug-likeness (QED) is 0.629. The number of hydrogen-bond acceptors (Lipinski definition) is 3. The molecule has 0 bridgehead atoms. The van der Waals surface area contributed by atoms with E-state index >= 15 is 0 Å². The summed E-state index contributed by atoms with van der Waals surface area (Å²) >= 11 is 0. The zero-order chi connectivity index (χ0) is 9.97. The summed E-state index contributed by atoms with van der Waals surface area (Å²) in [6.07, 6.45) is 4.75. The Balaban J connectivity index is 1.65. The molecule has 1 aliphatic heterocycles. The van der Waals surface area contributed by atoms with Crippen LogP contribution in [0.5, 0.6) is 0 Å². The molecule has 80 valence electrons. The van der Waals surface area contributed by atoms with E-state index in [0.29, 0.717) is 0 Å². The Labute approximate surface area is 85.0 Å². The summed E-state index contributed by atoms with van der Waals surface area (Å²) in [5.41, 5.74) is 5.81. The Bertz CT molecular complexity index is 215. The zero-order valence-corrected chi connectivity index (χ0v) is 8.75. The van der Waals surface area contributed by atoms with Crippen molar-refractivity contribution in [1.29, 1.82) is 0 Å². The molecule has 0 aromatic carbocycles. The van der Waals surface area contributed by atoms with Gasteiger partial charge < -0.3 is 0 Å². The Morgan fingerprint density at radius 1 is 1.43 bits per heavy atom. The molecule has 1 amide bonds. The molecule has 0 spiro atoms. The van der Waals surface area contributed by atoms with Gasteiger partial charge in [-0.25, -0.2) is 5.43 Å². The van der Waals surface area contributed by atoms with Crippen molar-refractivity contribution >= 4 is 5.91 Å². The summed E-state index contributed by atoms with van der Waals surface area (Å²) in [5, 5.41) is 0. The third kappa shape index (κ3) is 2.45. The van der Waals surface area contributed by atoms with Crippen LogP contribution in [0.4, 0.5) is 0 Å². The second kappa shape index (κ2) is 4.28. The standard InChI is InChI=1S/C10H19N3O/c1-13-6-2-3-9(13)10(14)12-11-7-8-4-5-8/h8-9,11H,2-7H2,1H3,(H,12,14). The van der Waals surface area contributed by atoms with E-state index in [9.17, 15) is 4.79 Å². The molecule has 2 fully saturated rings. The van der Waals surface area contributed by atoms with Gasteiger partial charge in [0.05, 0.1) is 6.04 Å². The number of rotatable bonds is 4. The maximum Gasteiger partial charge on any atom is 0.251 e. The average Bonchev–Trinajstić information content (AvgIpc) is 2.87. The number of likely N-dealkylation sites (N-methyl/N-ethyl adjacent to an activating group) is 1. The SMILES string of the molecule is CN1CCCC1C(=O)NNCC1CC1. The van der Waals surface area contributed by atoms with Gasteiger partial charge in [0.2, 0.25) is 0 Å². The monoisotopic (exact) mass is 197 g/mol. The van der Waals surface area contributed by atoms with Crippen LogP contribution in [0.15, 0.2) is 0 Å². The van der Waals surface area contributed by atoms with Crippen molar-refractivity contribution in [1.82, 2.24) is 15.8 Å². The first-order valence-electron chi connectivity index (χ1n) is 5.50. The summed E-state index contributed by atoms with van der Waals surface area (Å²) in [7, 11) is 2.01. The van der Waals surface area contributed by atoms with Gasteiger partial charge in [0.1, 0.15) is 0 Å². The first-order valence-corrected chi connectivity index (χ1v) is 5.50. The number of nitrogens with zero attached hydrogens (tertiary/aromatic N) is 1. The van der Waals surface area contributed by atoms with Crippen LogP contribution in [-0.4, -0.2) is 37.0 Å². The third-order valence-corrected chi connectivity index (χ3v) is 3.12. The van der Waals surface area contributed by atoms with Gasteiger partial charge in [0.15, 0.2) is 0 Å². The first kappa shape index (κ1) is 9.93. The zero-order valence-electron chi connectivity index (χ0n) is 8.75. The first-order chi connectivity index (χ1) is 6.77. The Hall–Kier alpha value is -0.610. The number of hydrogen-bond donors (Lipinski definition) is 2. The van der Waals surface area contributed by atoms with E-state index in [4.69, 9.17) is 0 Å². The second-order valence-electron chi connectivity index (χ2n) is 4.45. The largest absolute Gasteiger partial charge is 0.295 e. The number of likely N-dealkylation sites (tertiary alicyclic amines) is 1. The van der Waals surface area contributed by atoms with Gasteiger partial charge in [-0.1, -0.05) is 0 Å². The number of amides is 1. The molecule has 0 aromatic heterocycles. The predicted molar refractivity (Wildman–Crippen MR) is 54.5 cm³/mol. The van der Waals surface area contributed by atoms with E-state index < -0.39 is 0 Å². The highest BCUT2D eigenvalue weighted by Gasteiger charge is 2.28. The predicted octanol–water partition coefficient (Wildman–Crippen LogP) is 0.111. The molecule has 0 aromatic rings. The number of nitrogens with one attached hydrogen (secondary N) is 2. The van der Waals surface area contributed by atoms with Gasteiger partial charge >= 0.3 is 0 Å². The van der Waals surface area contributed by atoms with Crippen molar-refractivity contribution in [2.75, 3.05) is 20.1 Å². The fraction of sp³-hybridized carbons (Fsp3) is 0.900. The Morgan fingerprint density at radius 2 is 2.21 bits per heavy atom. The molecule has 1 saturated carbocycles. The van der Waals surface area contributed by atoms with Crippen molar-refractivity contribution in [2.24, 2.45) is 5.92 Å². The highest BCUT2D eigenvalue weighted by atomic mass is 16.2. The van der Waals surface area contributed by atoms with Crippen molar-refractivity contribution in [3.8, 4) is 0 Å². The summed E-state index contributed by atoms with van der Waals surface area (Å²) in [6.45, 7) is 1.98. The summed E-state index contributed by atoms with van der Waals surface area (Å²) < 4.78 is 0. The summed E-state index contributed by atoms with van der Waals surface area (Å²) in [4.78, 5) is 13.8. The van der Waals surface area contributed by atoms with Crippen LogP contribution < -0.4 is 10.9 Å².